The minimum absolute atomic E-state index is 0.000147. The number of nitro benzene ring substituents is 1. The monoisotopic (exact) mass is 392 g/mol. The Kier molecular flexibility index (Phi) is 6.56. The summed E-state index contributed by atoms with van der Waals surface area (Å²) in [7, 11) is 1.52. The van der Waals surface area contributed by atoms with Gasteiger partial charge in [0.2, 0.25) is 5.75 Å². The second-order valence-electron chi connectivity index (χ2n) is 5.42. The molecule has 0 radical (unpaired) electrons. The average molecular weight is 393 g/mol. The van der Waals surface area contributed by atoms with E-state index in [-0.39, 0.29) is 10.6 Å². The van der Waals surface area contributed by atoms with Crippen LogP contribution in [-0.4, -0.2) is 35.3 Å². The predicted octanol–water partition coefficient (Wildman–Crippen LogP) is 2.91. The average Bonchev–Trinajstić information content (AvgIpc) is 2.64. The van der Waals surface area contributed by atoms with Crippen molar-refractivity contribution in [3.05, 3.63) is 57.1 Å². The third-order valence-electron chi connectivity index (χ3n) is 3.53. The van der Waals surface area contributed by atoms with Crippen LogP contribution in [0.3, 0.4) is 0 Å². The smallest absolute Gasteiger partial charge is 0.312 e. The van der Waals surface area contributed by atoms with Gasteiger partial charge in [-0.1, -0.05) is 23.7 Å². The van der Waals surface area contributed by atoms with Crippen LogP contribution in [0.25, 0.3) is 0 Å². The fourth-order valence-corrected chi connectivity index (χ4v) is 2.39. The van der Waals surface area contributed by atoms with Gasteiger partial charge in [0.15, 0.2) is 0 Å². The number of nitrogens with one attached hydrogen (secondary N) is 2. The van der Waals surface area contributed by atoms with Gasteiger partial charge in [0.1, 0.15) is 11.8 Å². The van der Waals surface area contributed by atoms with E-state index in [2.05, 4.69) is 15.8 Å². The highest BCUT2D eigenvalue weighted by Crippen LogP contribution is 2.32. The van der Waals surface area contributed by atoms with Gasteiger partial charge in [0.05, 0.1) is 23.9 Å². The molecule has 0 fully saturated rings. The number of phenolic OH excluding ortho intramolecular Hbond substituents is 1. The molecule has 0 aliphatic carbocycles. The number of rotatable bonds is 7. The van der Waals surface area contributed by atoms with Crippen molar-refractivity contribution >= 4 is 35.1 Å². The lowest BCUT2D eigenvalue weighted by Gasteiger charge is -2.15. The summed E-state index contributed by atoms with van der Waals surface area (Å²) in [5, 5.41) is 27.5. The number of hydrogen-bond acceptors (Lipinski definition) is 7. The summed E-state index contributed by atoms with van der Waals surface area (Å²) < 4.78 is 5.20. The highest BCUT2D eigenvalue weighted by Gasteiger charge is 2.18. The maximum Gasteiger partial charge on any atom is 0.312 e. The van der Waals surface area contributed by atoms with Crippen LogP contribution in [0.5, 0.6) is 11.5 Å². The van der Waals surface area contributed by atoms with E-state index in [9.17, 15) is 20.0 Å². The number of hydrogen-bond donors (Lipinski definition) is 3. The van der Waals surface area contributed by atoms with E-state index in [1.54, 1.807) is 31.2 Å². The van der Waals surface area contributed by atoms with Crippen LogP contribution in [0, 0.1) is 10.1 Å². The molecule has 2 rings (SSSR count). The summed E-state index contributed by atoms with van der Waals surface area (Å²) in [5.41, 5.74) is 2.37. The zero-order valence-corrected chi connectivity index (χ0v) is 15.2. The molecule has 2 aromatic carbocycles. The molecule has 0 spiro atoms. The number of hydrazone groups is 1. The third-order valence-corrected chi connectivity index (χ3v) is 3.75. The Balaban J connectivity index is 2.06. The van der Waals surface area contributed by atoms with Gasteiger partial charge in [0.25, 0.3) is 5.91 Å². The summed E-state index contributed by atoms with van der Waals surface area (Å²) in [6, 6.07) is 8.76. The number of phenols is 1. The quantitative estimate of drug-likeness (QED) is 0.378. The van der Waals surface area contributed by atoms with E-state index < -0.39 is 28.3 Å². The number of methoxy groups -OCH3 is 1. The first-order chi connectivity index (χ1) is 12.8. The first kappa shape index (κ1) is 20.0. The van der Waals surface area contributed by atoms with Gasteiger partial charge < -0.3 is 15.2 Å². The minimum atomic E-state index is -0.767. The van der Waals surface area contributed by atoms with Crippen LogP contribution < -0.4 is 15.5 Å². The van der Waals surface area contributed by atoms with Crippen LogP contribution in [0.2, 0.25) is 5.02 Å². The van der Waals surface area contributed by atoms with Crippen molar-refractivity contribution < 1.29 is 19.6 Å². The number of nitrogens with zero attached hydrogens (tertiary/aromatic N) is 2. The Morgan fingerprint density at radius 1 is 1.41 bits per heavy atom. The number of para-hydroxylation sites is 2. The van der Waals surface area contributed by atoms with Crippen molar-refractivity contribution in [3.63, 3.8) is 0 Å². The molecule has 0 heterocycles. The second kappa shape index (κ2) is 8.86. The van der Waals surface area contributed by atoms with Crippen LogP contribution in [0.1, 0.15) is 12.5 Å². The molecule has 9 nitrogen and oxygen atoms in total. The van der Waals surface area contributed by atoms with E-state index >= 15 is 0 Å². The summed E-state index contributed by atoms with van der Waals surface area (Å²) in [6.07, 6.45) is 1.07. The van der Waals surface area contributed by atoms with Crippen LogP contribution in [0.4, 0.5) is 11.4 Å². The summed E-state index contributed by atoms with van der Waals surface area (Å²) in [4.78, 5) is 22.2. The van der Waals surface area contributed by atoms with E-state index in [4.69, 9.17) is 16.3 Å². The van der Waals surface area contributed by atoms with Crippen molar-refractivity contribution in [2.75, 3.05) is 12.4 Å². The number of halogens is 1. The van der Waals surface area contributed by atoms with Crippen LogP contribution in [-0.2, 0) is 4.79 Å². The van der Waals surface area contributed by atoms with E-state index in [1.807, 2.05) is 0 Å². The van der Waals surface area contributed by atoms with Crippen LogP contribution >= 0.6 is 11.6 Å². The number of benzene rings is 2. The number of nitro groups is 1. The predicted molar refractivity (Wildman–Crippen MR) is 102 cm³/mol. The molecule has 1 atom stereocenters. The van der Waals surface area contributed by atoms with Gasteiger partial charge in [0, 0.05) is 16.7 Å². The Morgan fingerprint density at radius 3 is 2.78 bits per heavy atom. The van der Waals surface area contributed by atoms with E-state index in [1.165, 1.54) is 13.2 Å². The van der Waals surface area contributed by atoms with Crippen molar-refractivity contribution in [2.45, 2.75) is 13.0 Å². The summed E-state index contributed by atoms with van der Waals surface area (Å²) in [6.45, 7) is 1.62. The van der Waals surface area contributed by atoms with Gasteiger partial charge in [-0.05, 0) is 25.1 Å². The molecule has 1 amide bonds. The molecule has 0 aliphatic heterocycles. The maximum atomic E-state index is 12.1. The normalized spacial score (nSPS) is 11.8. The van der Waals surface area contributed by atoms with Gasteiger partial charge in [-0.3, -0.25) is 14.9 Å². The first-order valence-corrected chi connectivity index (χ1v) is 8.10. The number of carbonyl (C=O) groups is 1. The molecule has 0 saturated heterocycles. The molecule has 0 bridgehead atoms. The minimum Gasteiger partial charge on any atom is -0.502 e. The molecular weight excluding hydrogens is 376 g/mol. The number of carbonyl (C=O) groups excluding carboxylic acids is 1. The van der Waals surface area contributed by atoms with Crippen LogP contribution in [0.15, 0.2) is 41.5 Å². The Hall–Kier alpha value is -3.33. The lowest BCUT2D eigenvalue weighted by Crippen LogP contribution is -2.35. The standard InChI is InChI=1S/C17H17ClN4O5/c1-10(20-13-5-3-4-6-15(13)27-2)17(24)21-19-9-11-7-12(18)8-14(16(11)23)22(25)26/h3-10,20,23H,1-2H3,(H,21,24)/b19-9-/t10-/m0/s1. The molecule has 2 aromatic rings. The lowest BCUT2D eigenvalue weighted by molar-refractivity contribution is -0.385. The number of anilines is 1. The molecule has 0 saturated carbocycles. The summed E-state index contributed by atoms with van der Waals surface area (Å²) >= 11 is 5.79. The number of aromatic hydroxyl groups is 1. The van der Waals surface area contributed by atoms with Gasteiger partial charge in [-0.25, -0.2) is 5.43 Å². The van der Waals surface area contributed by atoms with Gasteiger partial charge in [-0.15, -0.1) is 0 Å². The van der Waals surface area contributed by atoms with E-state index in [0.717, 1.165) is 12.3 Å². The molecule has 27 heavy (non-hydrogen) atoms. The first-order valence-electron chi connectivity index (χ1n) is 7.73. The fraction of sp³-hybridized carbons (Fsp3) is 0.176. The molecular formula is C17H17ClN4O5. The van der Waals surface area contributed by atoms with Crippen molar-refractivity contribution in [3.8, 4) is 11.5 Å². The largest absolute Gasteiger partial charge is 0.502 e. The number of ether oxygens (including phenoxy) is 1. The fourth-order valence-electron chi connectivity index (χ4n) is 2.17. The SMILES string of the molecule is COc1ccccc1N[C@@H](C)C(=O)N/N=C\c1cc(Cl)cc([N+](=O)[O-])c1O. The summed E-state index contributed by atoms with van der Waals surface area (Å²) in [5.74, 6) is -0.479. The zero-order chi connectivity index (χ0) is 20.0. The number of amides is 1. The topological polar surface area (TPSA) is 126 Å². The highest BCUT2D eigenvalue weighted by molar-refractivity contribution is 6.31. The Labute approximate surface area is 159 Å². The Morgan fingerprint density at radius 2 is 2.11 bits per heavy atom. The van der Waals surface area contributed by atoms with Crippen molar-refractivity contribution in [1.29, 1.82) is 0 Å². The highest BCUT2D eigenvalue weighted by atomic mass is 35.5. The lowest BCUT2D eigenvalue weighted by atomic mass is 10.2. The molecule has 0 unspecified atom stereocenters. The van der Waals surface area contributed by atoms with Gasteiger partial charge in [-0.2, -0.15) is 5.10 Å². The molecule has 10 heteroatoms. The molecule has 142 valence electrons. The van der Waals surface area contributed by atoms with Gasteiger partial charge >= 0.3 is 5.69 Å². The Bertz CT molecular complexity index is 888. The molecule has 0 aliphatic rings. The maximum absolute atomic E-state index is 12.1. The molecule has 3 N–H and O–H groups in total. The third kappa shape index (κ3) is 5.08. The van der Waals surface area contributed by atoms with Crippen molar-refractivity contribution in [2.24, 2.45) is 5.10 Å². The van der Waals surface area contributed by atoms with Crippen molar-refractivity contribution in [1.82, 2.24) is 5.43 Å². The zero-order valence-electron chi connectivity index (χ0n) is 14.5. The second-order valence-corrected chi connectivity index (χ2v) is 5.86. The van der Waals surface area contributed by atoms with E-state index in [0.29, 0.717) is 11.4 Å². The molecule has 0 aromatic heterocycles.